The number of halogens is 1. The Labute approximate surface area is 212 Å². The summed E-state index contributed by atoms with van der Waals surface area (Å²) in [6.07, 6.45) is 0.177. The standard InChI is InChI=1S/C24H31N5O3.HI/c1-26-24(27-13-19-8-5-9-20(12-19)32-17-23(25)30)29-15-21-22(16-29)31-11-10-28(21)14-18-6-3-2-4-7-18;/h2-9,12,21-22H,10-11,13-17H2,1H3,(H2,25,30)(H,26,27);1H. The lowest BCUT2D eigenvalue weighted by atomic mass is 10.1. The van der Waals surface area contributed by atoms with E-state index in [2.05, 4.69) is 50.4 Å². The number of hydrogen-bond donors (Lipinski definition) is 2. The first-order valence-corrected chi connectivity index (χ1v) is 11.0. The van der Waals surface area contributed by atoms with Crippen LogP contribution in [0.2, 0.25) is 0 Å². The van der Waals surface area contributed by atoms with E-state index in [4.69, 9.17) is 15.2 Å². The number of carbonyl (C=O) groups is 1. The lowest BCUT2D eigenvalue weighted by Gasteiger charge is -2.36. The number of rotatable bonds is 7. The molecule has 2 unspecified atom stereocenters. The van der Waals surface area contributed by atoms with Gasteiger partial charge >= 0.3 is 0 Å². The van der Waals surface area contributed by atoms with E-state index in [1.54, 1.807) is 7.05 Å². The maximum atomic E-state index is 10.9. The number of nitrogens with one attached hydrogen (secondary N) is 1. The number of ether oxygens (including phenoxy) is 2. The van der Waals surface area contributed by atoms with Gasteiger partial charge in [0.05, 0.1) is 18.8 Å². The van der Waals surface area contributed by atoms with E-state index < -0.39 is 5.91 Å². The van der Waals surface area contributed by atoms with Crippen molar-refractivity contribution in [2.24, 2.45) is 10.7 Å². The second kappa shape index (κ2) is 12.2. The Kier molecular flexibility index (Phi) is 9.33. The van der Waals surface area contributed by atoms with Crippen LogP contribution in [0.5, 0.6) is 5.75 Å². The number of guanidine groups is 1. The normalized spacial score (nSPS) is 20.6. The summed E-state index contributed by atoms with van der Waals surface area (Å²) in [5.41, 5.74) is 7.52. The van der Waals surface area contributed by atoms with Crippen molar-refractivity contribution >= 4 is 35.8 Å². The Balaban J connectivity index is 0.00000306. The van der Waals surface area contributed by atoms with Gasteiger partial charge in [0.1, 0.15) is 5.75 Å². The van der Waals surface area contributed by atoms with Crippen molar-refractivity contribution in [3.05, 3.63) is 65.7 Å². The van der Waals surface area contributed by atoms with Crippen LogP contribution in [0.25, 0.3) is 0 Å². The number of benzene rings is 2. The zero-order valence-corrected chi connectivity index (χ0v) is 21.2. The van der Waals surface area contributed by atoms with Gasteiger partial charge < -0.3 is 25.4 Å². The lowest BCUT2D eigenvalue weighted by molar-refractivity contribution is -0.119. The average molecular weight is 565 g/mol. The van der Waals surface area contributed by atoms with Crippen molar-refractivity contribution in [1.29, 1.82) is 0 Å². The first-order valence-electron chi connectivity index (χ1n) is 11.0. The largest absolute Gasteiger partial charge is 0.484 e. The number of likely N-dealkylation sites (tertiary alicyclic amines) is 1. The Bertz CT molecular complexity index is 943. The van der Waals surface area contributed by atoms with Gasteiger partial charge in [0.15, 0.2) is 12.6 Å². The molecule has 33 heavy (non-hydrogen) atoms. The van der Waals surface area contributed by atoms with E-state index in [1.807, 2.05) is 24.3 Å². The first kappa shape index (κ1) is 25.3. The van der Waals surface area contributed by atoms with Gasteiger partial charge in [-0.1, -0.05) is 42.5 Å². The van der Waals surface area contributed by atoms with Crippen LogP contribution in [0.15, 0.2) is 59.6 Å². The topological polar surface area (TPSA) is 92.4 Å². The summed E-state index contributed by atoms with van der Waals surface area (Å²) < 4.78 is 11.5. The molecule has 0 bridgehead atoms. The number of carbonyl (C=O) groups excluding carboxylic acids is 1. The van der Waals surface area contributed by atoms with Crippen LogP contribution in [-0.2, 0) is 22.6 Å². The molecule has 0 aliphatic carbocycles. The quantitative estimate of drug-likeness (QED) is 0.303. The van der Waals surface area contributed by atoms with Gasteiger partial charge in [-0.3, -0.25) is 14.7 Å². The molecule has 2 saturated heterocycles. The van der Waals surface area contributed by atoms with Crippen LogP contribution in [0.4, 0.5) is 0 Å². The fraction of sp³-hybridized carbons (Fsp3) is 0.417. The van der Waals surface area contributed by atoms with Crippen molar-refractivity contribution in [2.45, 2.75) is 25.2 Å². The third kappa shape index (κ3) is 6.81. The first-order chi connectivity index (χ1) is 15.6. The number of nitrogens with zero attached hydrogens (tertiary/aromatic N) is 3. The molecule has 178 valence electrons. The van der Waals surface area contributed by atoms with Crippen molar-refractivity contribution in [3.8, 4) is 5.75 Å². The molecule has 2 heterocycles. The third-order valence-electron chi connectivity index (χ3n) is 5.89. The van der Waals surface area contributed by atoms with Gasteiger partial charge in [-0.05, 0) is 23.3 Å². The van der Waals surface area contributed by atoms with Crippen LogP contribution in [0.3, 0.4) is 0 Å². The van der Waals surface area contributed by atoms with Gasteiger partial charge in [-0.25, -0.2) is 0 Å². The fourth-order valence-electron chi connectivity index (χ4n) is 4.36. The summed E-state index contributed by atoms with van der Waals surface area (Å²) in [5.74, 6) is 0.981. The molecule has 2 fully saturated rings. The van der Waals surface area contributed by atoms with Crippen LogP contribution in [0.1, 0.15) is 11.1 Å². The van der Waals surface area contributed by atoms with Gasteiger partial charge in [-0.2, -0.15) is 0 Å². The van der Waals surface area contributed by atoms with Crippen LogP contribution < -0.4 is 15.8 Å². The molecule has 0 aromatic heterocycles. The van der Waals surface area contributed by atoms with Crippen LogP contribution in [0, 0.1) is 0 Å². The van der Waals surface area contributed by atoms with Gasteiger partial charge in [0, 0.05) is 39.8 Å². The molecular weight excluding hydrogens is 533 g/mol. The highest BCUT2D eigenvalue weighted by Gasteiger charge is 2.41. The minimum absolute atomic E-state index is 0. The van der Waals surface area contributed by atoms with Gasteiger partial charge in [-0.15, -0.1) is 24.0 Å². The molecule has 1 amide bonds. The Hall–Kier alpha value is -2.37. The highest BCUT2D eigenvalue weighted by molar-refractivity contribution is 14.0. The number of hydrogen-bond acceptors (Lipinski definition) is 5. The zero-order valence-electron chi connectivity index (χ0n) is 18.9. The van der Waals surface area contributed by atoms with Crippen molar-refractivity contribution in [3.63, 3.8) is 0 Å². The SMILES string of the molecule is CN=C(NCc1cccc(OCC(N)=O)c1)N1CC2OCCN(Cc3ccccc3)C2C1.I. The Morgan fingerprint density at radius 2 is 1.97 bits per heavy atom. The predicted octanol–water partition coefficient (Wildman–Crippen LogP) is 1.83. The molecule has 3 N–H and O–H groups in total. The molecule has 0 saturated carbocycles. The van der Waals surface area contributed by atoms with E-state index in [0.717, 1.165) is 44.3 Å². The average Bonchev–Trinajstić information content (AvgIpc) is 3.24. The molecule has 2 aromatic carbocycles. The number of amides is 1. The van der Waals surface area contributed by atoms with Crippen molar-refractivity contribution in [2.75, 3.05) is 39.9 Å². The summed E-state index contributed by atoms with van der Waals surface area (Å²) in [7, 11) is 1.80. The molecule has 9 heteroatoms. The molecule has 2 aliphatic rings. The third-order valence-corrected chi connectivity index (χ3v) is 5.89. The lowest BCUT2D eigenvalue weighted by Crippen LogP contribution is -2.50. The summed E-state index contributed by atoms with van der Waals surface area (Å²) >= 11 is 0. The van der Waals surface area contributed by atoms with E-state index in [1.165, 1.54) is 5.56 Å². The number of fused-ring (bicyclic) bond motifs is 1. The molecule has 0 spiro atoms. The predicted molar refractivity (Wildman–Crippen MR) is 139 cm³/mol. The van der Waals surface area contributed by atoms with Crippen LogP contribution >= 0.6 is 24.0 Å². The number of morpholine rings is 1. The summed E-state index contributed by atoms with van der Waals surface area (Å²) in [6.45, 7) is 4.79. The summed E-state index contributed by atoms with van der Waals surface area (Å²) in [4.78, 5) is 20.2. The number of aliphatic imine (C=N–C) groups is 1. The molecular formula is C24H32IN5O3. The van der Waals surface area contributed by atoms with Crippen molar-refractivity contribution in [1.82, 2.24) is 15.1 Å². The second-order valence-corrected chi connectivity index (χ2v) is 8.14. The minimum atomic E-state index is -0.493. The smallest absolute Gasteiger partial charge is 0.255 e. The molecule has 4 rings (SSSR count). The van der Waals surface area contributed by atoms with Crippen LogP contribution in [-0.4, -0.2) is 73.7 Å². The number of primary amides is 1. The van der Waals surface area contributed by atoms with E-state index in [9.17, 15) is 4.79 Å². The highest BCUT2D eigenvalue weighted by atomic mass is 127. The minimum Gasteiger partial charge on any atom is -0.484 e. The van der Waals surface area contributed by atoms with Gasteiger partial charge in [0.25, 0.3) is 5.91 Å². The molecule has 0 radical (unpaired) electrons. The monoisotopic (exact) mass is 565 g/mol. The summed E-state index contributed by atoms with van der Waals surface area (Å²) in [5, 5.41) is 3.45. The molecule has 2 atom stereocenters. The summed E-state index contributed by atoms with van der Waals surface area (Å²) in [6, 6.07) is 18.6. The van der Waals surface area contributed by atoms with Gasteiger partial charge in [0.2, 0.25) is 0 Å². The van der Waals surface area contributed by atoms with E-state index >= 15 is 0 Å². The molecule has 2 aliphatic heterocycles. The second-order valence-electron chi connectivity index (χ2n) is 8.14. The maximum Gasteiger partial charge on any atom is 0.255 e. The molecule has 2 aromatic rings. The Morgan fingerprint density at radius 3 is 2.73 bits per heavy atom. The Morgan fingerprint density at radius 1 is 1.18 bits per heavy atom. The zero-order chi connectivity index (χ0) is 22.3. The van der Waals surface area contributed by atoms with E-state index in [-0.39, 0.29) is 36.7 Å². The fourth-order valence-corrected chi connectivity index (χ4v) is 4.36. The van der Waals surface area contributed by atoms with Crippen molar-refractivity contribution < 1.29 is 14.3 Å². The van der Waals surface area contributed by atoms with E-state index in [0.29, 0.717) is 18.3 Å². The number of nitrogens with two attached hydrogens (primary N) is 1. The molecule has 8 nitrogen and oxygen atoms in total. The maximum absolute atomic E-state index is 10.9. The highest BCUT2D eigenvalue weighted by Crippen LogP contribution is 2.25.